The number of methoxy groups -OCH3 is 2. The van der Waals surface area contributed by atoms with Crippen molar-refractivity contribution in [1.29, 1.82) is 0 Å². The molecule has 1 aliphatic rings. The number of hydrogen-bond donors (Lipinski definition) is 1. The van der Waals surface area contributed by atoms with Gasteiger partial charge in [0.15, 0.2) is 0 Å². The Morgan fingerprint density at radius 3 is 2.45 bits per heavy atom. The van der Waals surface area contributed by atoms with Gasteiger partial charge < -0.3 is 14.6 Å². The molecule has 0 aromatic carbocycles. The van der Waals surface area contributed by atoms with Crippen molar-refractivity contribution in [3.05, 3.63) is 25.3 Å². The van der Waals surface area contributed by atoms with Gasteiger partial charge in [-0.2, -0.15) is 0 Å². The van der Waals surface area contributed by atoms with Crippen LogP contribution in [0.4, 0.5) is 0 Å². The topological polar surface area (TPSA) is 63.4 Å². The summed E-state index contributed by atoms with van der Waals surface area (Å²) in [7, 11) is 3.19. The molecule has 1 aliphatic heterocycles. The summed E-state index contributed by atoms with van der Waals surface area (Å²) < 4.78 is 11.0. The summed E-state index contributed by atoms with van der Waals surface area (Å²) in [5.74, 6) is 1.36. The molecule has 0 bridgehead atoms. The van der Waals surface area contributed by atoms with Gasteiger partial charge in [0.05, 0.1) is 20.3 Å². The summed E-state index contributed by atoms with van der Waals surface area (Å²) in [5.41, 5.74) is -0.743. The molecule has 0 fully saturated rings. The lowest BCUT2D eigenvalue weighted by Gasteiger charge is -2.37. The second-order valence-corrected chi connectivity index (χ2v) is 5.85. The zero-order valence-electron chi connectivity index (χ0n) is 14.1. The first kappa shape index (κ1) is 18.4. The van der Waals surface area contributed by atoms with E-state index in [0.717, 1.165) is 6.42 Å². The van der Waals surface area contributed by atoms with Gasteiger partial charge in [0.25, 0.3) is 0 Å². The zero-order chi connectivity index (χ0) is 16.8. The van der Waals surface area contributed by atoms with Gasteiger partial charge in [0.2, 0.25) is 11.8 Å². The van der Waals surface area contributed by atoms with Gasteiger partial charge in [0.1, 0.15) is 11.6 Å². The van der Waals surface area contributed by atoms with Gasteiger partial charge in [-0.25, -0.2) is 9.98 Å². The molecule has 22 heavy (non-hydrogen) atoms. The zero-order valence-corrected chi connectivity index (χ0v) is 14.1. The Balaban J connectivity index is 3.30. The molecule has 2 unspecified atom stereocenters. The molecule has 0 amide bonds. The normalized spacial score (nSPS) is 26.0. The number of rotatable bonds is 7. The van der Waals surface area contributed by atoms with E-state index in [1.165, 1.54) is 6.08 Å². The molecule has 5 nitrogen and oxygen atoms in total. The van der Waals surface area contributed by atoms with Gasteiger partial charge in [-0.1, -0.05) is 26.0 Å². The van der Waals surface area contributed by atoms with E-state index in [1.807, 2.05) is 6.08 Å². The molecular weight excluding hydrogens is 280 g/mol. The number of aliphatic hydroxyl groups is 1. The molecule has 1 rings (SSSR count). The average Bonchev–Trinajstić information content (AvgIpc) is 2.51. The van der Waals surface area contributed by atoms with E-state index in [4.69, 9.17) is 19.5 Å². The summed E-state index contributed by atoms with van der Waals surface area (Å²) in [5, 5.41) is 10.1. The van der Waals surface area contributed by atoms with E-state index >= 15 is 0 Å². The fourth-order valence-corrected chi connectivity index (χ4v) is 2.64. The van der Waals surface area contributed by atoms with Crippen molar-refractivity contribution in [2.75, 3.05) is 14.2 Å². The van der Waals surface area contributed by atoms with Crippen LogP contribution in [0.5, 0.6) is 0 Å². The van der Waals surface area contributed by atoms with Gasteiger partial charge >= 0.3 is 0 Å². The van der Waals surface area contributed by atoms with Crippen LogP contribution < -0.4 is 0 Å². The maximum Gasteiger partial charge on any atom is 0.212 e. The van der Waals surface area contributed by atoms with Crippen molar-refractivity contribution >= 4 is 11.8 Å². The second kappa shape index (κ2) is 8.13. The largest absolute Gasteiger partial charge is 0.483 e. The molecule has 0 saturated carbocycles. The van der Waals surface area contributed by atoms with Crippen LogP contribution in [0.15, 0.2) is 35.3 Å². The van der Waals surface area contributed by atoms with Gasteiger partial charge in [-0.05, 0) is 18.8 Å². The molecular formula is C17H28N2O3. The van der Waals surface area contributed by atoms with Crippen molar-refractivity contribution in [3.8, 4) is 0 Å². The first-order valence-electron chi connectivity index (χ1n) is 7.61. The Labute approximate surface area is 133 Å². The minimum absolute atomic E-state index is 0.169. The summed E-state index contributed by atoms with van der Waals surface area (Å²) in [6.07, 6.45) is 4.37. The Kier molecular flexibility index (Phi) is 6.81. The van der Waals surface area contributed by atoms with Crippen molar-refractivity contribution in [2.24, 2.45) is 15.9 Å². The Hall–Kier alpha value is -1.62. The molecule has 0 aromatic rings. The lowest BCUT2D eigenvalue weighted by atomic mass is 9.85. The van der Waals surface area contributed by atoms with Crippen molar-refractivity contribution in [2.45, 2.75) is 50.8 Å². The van der Waals surface area contributed by atoms with E-state index < -0.39 is 11.6 Å². The van der Waals surface area contributed by atoms with Crippen LogP contribution in [0, 0.1) is 5.92 Å². The highest BCUT2D eigenvalue weighted by molar-refractivity contribution is 5.97. The molecule has 0 aliphatic carbocycles. The Morgan fingerprint density at radius 2 is 2.00 bits per heavy atom. The standard InChI is InChI=1S/C17H28N2O3/c1-7-9-10-17(11-13(20)8-2)16(22-6)18-14(12(3)4)15(19-17)21-5/h7-8,12-14,20H,1-2,9-11H2,3-6H3/t13?,14?,17-/m0/s1. The van der Waals surface area contributed by atoms with Crippen LogP contribution in [-0.4, -0.2) is 48.8 Å². The third-order valence-electron chi connectivity index (χ3n) is 3.85. The third kappa shape index (κ3) is 3.97. The lowest BCUT2D eigenvalue weighted by Crippen LogP contribution is -2.48. The average molecular weight is 308 g/mol. The molecule has 3 atom stereocenters. The molecule has 0 saturated heterocycles. The number of ether oxygens (including phenoxy) is 2. The number of allylic oxidation sites excluding steroid dienone is 1. The summed E-state index contributed by atoms with van der Waals surface area (Å²) in [6, 6.07) is -0.169. The first-order valence-corrected chi connectivity index (χ1v) is 7.61. The smallest absolute Gasteiger partial charge is 0.212 e. The SMILES string of the molecule is C=CCC[C@@]1(CC(O)C=C)N=C(OC)C(C(C)C)N=C1OC. The molecule has 0 aromatic heterocycles. The first-order chi connectivity index (χ1) is 10.4. The predicted molar refractivity (Wildman–Crippen MR) is 90.5 cm³/mol. The molecule has 124 valence electrons. The van der Waals surface area contributed by atoms with Crippen molar-refractivity contribution in [1.82, 2.24) is 0 Å². The van der Waals surface area contributed by atoms with Crippen LogP contribution in [-0.2, 0) is 9.47 Å². The van der Waals surface area contributed by atoms with Gasteiger partial charge in [-0.15, -0.1) is 13.2 Å². The van der Waals surface area contributed by atoms with E-state index in [0.29, 0.717) is 24.6 Å². The maximum absolute atomic E-state index is 10.1. The van der Waals surface area contributed by atoms with Crippen molar-refractivity contribution in [3.63, 3.8) is 0 Å². The predicted octanol–water partition coefficient (Wildman–Crippen LogP) is 2.76. The van der Waals surface area contributed by atoms with E-state index in [2.05, 4.69) is 27.0 Å². The second-order valence-electron chi connectivity index (χ2n) is 5.85. The van der Waals surface area contributed by atoms with Crippen LogP contribution in [0.3, 0.4) is 0 Å². The van der Waals surface area contributed by atoms with Crippen LogP contribution >= 0.6 is 0 Å². The number of hydrogen-bond acceptors (Lipinski definition) is 5. The molecule has 1 N–H and O–H groups in total. The summed E-state index contributed by atoms with van der Waals surface area (Å²) in [6.45, 7) is 11.5. The monoisotopic (exact) mass is 308 g/mol. The third-order valence-corrected chi connectivity index (χ3v) is 3.85. The maximum atomic E-state index is 10.1. The number of aliphatic hydroxyl groups excluding tert-OH is 1. The highest BCUT2D eigenvalue weighted by atomic mass is 16.5. The van der Waals surface area contributed by atoms with Crippen molar-refractivity contribution < 1.29 is 14.6 Å². The fourth-order valence-electron chi connectivity index (χ4n) is 2.64. The highest BCUT2D eigenvalue weighted by Crippen LogP contribution is 2.33. The molecule has 5 heteroatoms. The van der Waals surface area contributed by atoms with Crippen LogP contribution in [0.2, 0.25) is 0 Å². The molecule has 0 radical (unpaired) electrons. The lowest BCUT2D eigenvalue weighted by molar-refractivity contribution is 0.176. The Morgan fingerprint density at radius 1 is 1.32 bits per heavy atom. The van der Waals surface area contributed by atoms with E-state index in [1.54, 1.807) is 14.2 Å². The fraction of sp³-hybridized carbons (Fsp3) is 0.647. The number of nitrogens with zero attached hydrogens (tertiary/aromatic N) is 2. The minimum atomic E-state index is -0.743. The minimum Gasteiger partial charge on any atom is -0.483 e. The van der Waals surface area contributed by atoms with E-state index in [9.17, 15) is 5.11 Å². The van der Waals surface area contributed by atoms with Crippen LogP contribution in [0.1, 0.15) is 33.1 Å². The molecule has 1 heterocycles. The summed E-state index contributed by atoms with van der Waals surface area (Å²) >= 11 is 0. The molecule has 0 spiro atoms. The quantitative estimate of drug-likeness (QED) is 0.736. The van der Waals surface area contributed by atoms with E-state index in [-0.39, 0.29) is 12.0 Å². The van der Waals surface area contributed by atoms with Gasteiger partial charge in [-0.3, -0.25) is 0 Å². The Bertz CT molecular complexity index is 457. The summed E-state index contributed by atoms with van der Waals surface area (Å²) in [4.78, 5) is 9.50. The highest BCUT2D eigenvalue weighted by Gasteiger charge is 2.43. The number of aliphatic imine (C=N–C) groups is 2. The van der Waals surface area contributed by atoms with Crippen LogP contribution in [0.25, 0.3) is 0 Å². The van der Waals surface area contributed by atoms with Gasteiger partial charge in [0, 0.05) is 6.42 Å².